The second-order valence-electron chi connectivity index (χ2n) is 5.60. The number of carbonyl (C=O) groups excluding carboxylic acids is 2. The van der Waals surface area contributed by atoms with Gasteiger partial charge in [0.15, 0.2) is 11.6 Å². The number of rotatable bonds is 9. The molecule has 1 N–H and O–H groups in total. The highest BCUT2D eigenvalue weighted by atomic mass is 35.5. The predicted octanol–water partition coefficient (Wildman–Crippen LogP) is 4.00. The van der Waals surface area contributed by atoms with Crippen molar-refractivity contribution >= 4 is 34.9 Å². The zero-order chi connectivity index (χ0) is 17.2. The molecule has 0 aliphatic heterocycles. The fourth-order valence-electron chi connectivity index (χ4n) is 2.79. The summed E-state index contributed by atoms with van der Waals surface area (Å²) in [7, 11) is 0. The predicted molar refractivity (Wildman–Crippen MR) is 96.3 cm³/mol. The molecule has 1 aliphatic carbocycles. The van der Waals surface area contributed by atoms with Crippen LogP contribution in [0.25, 0.3) is 0 Å². The Hall–Kier alpha value is -0.780. The highest BCUT2D eigenvalue weighted by molar-refractivity contribution is 7.99. The van der Waals surface area contributed by atoms with Gasteiger partial charge in [-0.3, -0.25) is 19.9 Å². The molecule has 0 bridgehead atoms. The lowest BCUT2D eigenvalue weighted by molar-refractivity contribution is -0.125. The van der Waals surface area contributed by atoms with Gasteiger partial charge in [-0.15, -0.1) is 0 Å². The first-order chi connectivity index (χ1) is 11.0. The minimum Gasteiger partial charge on any atom is -0.294 e. The van der Waals surface area contributed by atoms with Gasteiger partial charge in [0.25, 0.3) is 0 Å². The number of allylic oxidation sites excluding steroid dienone is 2. The number of thioether (sulfide) groups is 1. The highest BCUT2D eigenvalue weighted by Crippen LogP contribution is 2.31. The summed E-state index contributed by atoms with van der Waals surface area (Å²) in [6.45, 7) is 6.45. The lowest BCUT2D eigenvalue weighted by atomic mass is 9.80. The van der Waals surface area contributed by atoms with Crippen molar-refractivity contribution in [3.63, 3.8) is 0 Å². The second kappa shape index (κ2) is 10.9. The number of hydrogen-bond donors (Lipinski definition) is 1. The van der Waals surface area contributed by atoms with Gasteiger partial charge in [0.1, 0.15) is 0 Å². The number of Topliss-reactive ketones (excluding diaryl/α,β-unsaturated/α-hetero) is 2. The molecule has 6 heteroatoms. The first kappa shape index (κ1) is 20.3. The first-order valence-electron chi connectivity index (χ1n) is 8.07. The van der Waals surface area contributed by atoms with E-state index < -0.39 is 0 Å². The van der Waals surface area contributed by atoms with Crippen molar-refractivity contribution in [2.24, 2.45) is 5.92 Å². The van der Waals surface area contributed by atoms with Crippen LogP contribution in [0.3, 0.4) is 0 Å². The van der Waals surface area contributed by atoms with Crippen LogP contribution in [0, 0.1) is 5.92 Å². The SMILES string of the molecule is CCSC(C)CC1CC(=O)C(=C(CC)NOCC=CCl)C(=O)C1. The Bertz CT molecular complexity index is 456. The third kappa shape index (κ3) is 6.69. The third-order valence-corrected chi connectivity index (χ3v) is 5.01. The van der Waals surface area contributed by atoms with Crippen LogP contribution in [-0.4, -0.2) is 29.2 Å². The van der Waals surface area contributed by atoms with Crippen LogP contribution >= 0.6 is 23.4 Å². The van der Waals surface area contributed by atoms with Crippen molar-refractivity contribution in [2.45, 2.75) is 51.7 Å². The third-order valence-electron chi connectivity index (χ3n) is 3.74. The molecule has 130 valence electrons. The van der Waals surface area contributed by atoms with Crippen molar-refractivity contribution in [3.05, 3.63) is 22.9 Å². The van der Waals surface area contributed by atoms with Gasteiger partial charge < -0.3 is 0 Å². The molecule has 1 aliphatic rings. The maximum atomic E-state index is 12.4. The molecule has 1 atom stereocenters. The maximum absolute atomic E-state index is 12.4. The van der Waals surface area contributed by atoms with E-state index in [2.05, 4.69) is 19.3 Å². The molecule has 0 amide bonds. The van der Waals surface area contributed by atoms with E-state index in [-0.39, 0.29) is 29.7 Å². The Morgan fingerprint density at radius 2 is 2.04 bits per heavy atom. The fraction of sp³-hybridized carbons (Fsp3) is 0.647. The number of hydrogen-bond acceptors (Lipinski definition) is 5. The summed E-state index contributed by atoms with van der Waals surface area (Å²) in [6.07, 6.45) is 3.98. The number of hydroxylamine groups is 1. The smallest absolute Gasteiger partial charge is 0.168 e. The molecule has 0 radical (unpaired) electrons. The Balaban J connectivity index is 2.72. The summed E-state index contributed by atoms with van der Waals surface area (Å²) < 4.78 is 0. The molecule has 0 spiro atoms. The van der Waals surface area contributed by atoms with Gasteiger partial charge in [-0.1, -0.05) is 32.4 Å². The van der Waals surface area contributed by atoms with Crippen molar-refractivity contribution < 1.29 is 14.4 Å². The van der Waals surface area contributed by atoms with E-state index in [9.17, 15) is 9.59 Å². The van der Waals surface area contributed by atoms with Gasteiger partial charge in [-0.25, -0.2) is 0 Å². The lowest BCUT2D eigenvalue weighted by Crippen LogP contribution is -2.31. The standard InChI is InChI=1S/C17H26ClNO3S/c1-4-14(19-22-8-6-7-18)17-15(20)10-13(11-16(17)21)9-12(3)23-5-2/h6-7,12-13,19H,4-5,8-11H2,1-3H3. The Kier molecular flexibility index (Phi) is 9.60. The zero-order valence-electron chi connectivity index (χ0n) is 14.1. The average Bonchev–Trinajstić information content (AvgIpc) is 2.49. The van der Waals surface area contributed by atoms with Gasteiger partial charge in [-0.05, 0) is 30.6 Å². The molecule has 0 aromatic carbocycles. The molecule has 1 unspecified atom stereocenters. The van der Waals surface area contributed by atoms with Crippen LogP contribution in [-0.2, 0) is 14.4 Å². The quantitative estimate of drug-likeness (QED) is 0.292. The molecular weight excluding hydrogens is 334 g/mol. The van der Waals surface area contributed by atoms with Gasteiger partial charge in [0, 0.05) is 23.6 Å². The zero-order valence-corrected chi connectivity index (χ0v) is 15.6. The average molecular weight is 360 g/mol. The molecule has 1 rings (SSSR count). The summed E-state index contributed by atoms with van der Waals surface area (Å²) in [5.41, 5.74) is 4.95. The fourth-order valence-corrected chi connectivity index (χ4v) is 3.84. The van der Waals surface area contributed by atoms with E-state index in [1.165, 1.54) is 5.54 Å². The van der Waals surface area contributed by atoms with Crippen LogP contribution in [0.5, 0.6) is 0 Å². The molecule has 0 aromatic heterocycles. The van der Waals surface area contributed by atoms with Crippen LogP contribution in [0.2, 0.25) is 0 Å². The summed E-state index contributed by atoms with van der Waals surface area (Å²) in [6, 6.07) is 0. The normalized spacial score (nSPS) is 20.2. The summed E-state index contributed by atoms with van der Waals surface area (Å²) in [5, 5.41) is 0.477. The molecule has 1 fully saturated rings. The minimum absolute atomic E-state index is 0.0687. The molecule has 23 heavy (non-hydrogen) atoms. The van der Waals surface area contributed by atoms with E-state index in [1.54, 1.807) is 6.08 Å². The maximum Gasteiger partial charge on any atom is 0.168 e. The molecule has 4 nitrogen and oxygen atoms in total. The molecule has 1 saturated carbocycles. The number of carbonyl (C=O) groups is 2. The van der Waals surface area contributed by atoms with Crippen molar-refractivity contribution in [1.29, 1.82) is 0 Å². The Morgan fingerprint density at radius 3 is 2.57 bits per heavy atom. The number of nitrogens with one attached hydrogen (secondary N) is 1. The van der Waals surface area contributed by atoms with E-state index in [0.717, 1.165) is 12.2 Å². The van der Waals surface area contributed by atoms with Crippen LogP contribution < -0.4 is 5.48 Å². The van der Waals surface area contributed by atoms with Crippen LogP contribution in [0.4, 0.5) is 0 Å². The van der Waals surface area contributed by atoms with Crippen molar-refractivity contribution in [3.8, 4) is 0 Å². The Labute approximate surface area is 148 Å². The van der Waals surface area contributed by atoms with E-state index in [0.29, 0.717) is 30.2 Å². The van der Waals surface area contributed by atoms with Crippen molar-refractivity contribution in [1.82, 2.24) is 5.48 Å². The highest BCUT2D eigenvalue weighted by Gasteiger charge is 2.33. The topological polar surface area (TPSA) is 55.4 Å². The second-order valence-corrected chi connectivity index (χ2v) is 7.57. The largest absolute Gasteiger partial charge is 0.294 e. The lowest BCUT2D eigenvalue weighted by Gasteiger charge is -2.26. The Morgan fingerprint density at radius 1 is 1.39 bits per heavy atom. The first-order valence-corrected chi connectivity index (χ1v) is 9.56. The van der Waals surface area contributed by atoms with Crippen LogP contribution in [0.15, 0.2) is 22.9 Å². The van der Waals surface area contributed by atoms with Crippen molar-refractivity contribution in [2.75, 3.05) is 12.4 Å². The number of halogens is 1. The molecular formula is C17H26ClNO3S. The molecule has 0 aromatic rings. The number of ketones is 2. The summed E-state index contributed by atoms with van der Waals surface area (Å²) >= 11 is 7.29. The van der Waals surface area contributed by atoms with Crippen LogP contribution in [0.1, 0.15) is 46.5 Å². The van der Waals surface area contributed by atoms with E-state index >= 15 is 0 Å². The van der Waals surface area contributed by atoms with E-state index in [1.807, 2.05) is 18.7 Å². The van der Waals surface area contributed by atoms with E-state index in [4.69, 9.17) is 16.4 Å². The van der Waals surface area contributed by atoms with Gasteiger partial charge in [0.2, 0.25) is 0 Å². The summed E-state index contributed by atoms with van der Waals surface area (Å²) in [4.78, 5) is 30.1. The minimum atomic E-state index is -0.0687. The monoisotopic (exact) mass is 359 g/mol. The molecule has 0 heterocycles. The summed E-state index contributed by atoms with van der Waals surface area (Å²) in [5.74, 6) is 1.08. The molecule has 0 saturated heterocycles. The van der Waals surface area contributed by atoms with Gasteiger partial charge in [0.05, 0.1) is 17.9 Å². The van der Waals surface area contributed by atoms with Gasteiger partial charge >= 0.3 is 0 Å². The van der Waals surface area contributed by atoms with Gasteiger partial charge in [-0.2, -0.15) is 11.8 Å².